The van der Waals surface area contributed by atoms with Gasteiger partial charge in [-0.15, -0.1) is 0 Å². The molecule has 1 aliphatic heterocycles. The van der Waals surface area contributed by atoms with Gasteiger partial charge in [0.1, 0.15) is 5.82 Å². The minimum atomic E-state index is -0.539. The SMILES string of the molecule is Cn1cc(C=C2SC(=S)N(NC(=O)c3ccc(F)cc3)C2=O)c2ccccc21. The van der Waals surface area contributed by atoms with Crippen molar-refractivity contribution in [3.05, 3.63) is 76.6 Å². The predicted molar refractivity (Wildman–Crippen MR) is 112 cm³/mol. The number of benzene rings is 2. The summed E-state index contributed by atoms with van der Waals surface area (Å²) in [5, 5.41) is 2.06. The fourth-order valence-electron chi connectivity index (χ4n) is 2.96. The minimum Gasteiger partial charge on any atom is -0.350 e. The lowest BCUT2D eigenvalue weighted by Crippen LogP contribution is -2.44. The van der Waals surface area contributed by atoms with Crippen LogP contribution in [0.15, 0.2) is 59.6 Å². The second-order valence-corrected chi connectivity index (χ2v) is 7.85. The fourth-order valence-corrected chi connectivity index (χ4v) is 4.13. The maximum absolute atomic E-state index is 13.0. The number of carbonyl (C=O) groups excluding carboxylic acids is 2. The molecule has 28 heavy (non-hydrogen) atoms. The normalized spacial score (nSPS) is 15.6. The number of fused-ring (bicyclic) bond motifs is 1. The number of hydrogen-bond acceptors (Lipinski definition) is 4. The van der Waals surface area contributed by atoms with Crippen molar-refractivity contribution in [2.75, 3.05) is 0 Å². The second-order valence-electron chi connectivity index (χ2n) is 6.18. The summed E-state index contributed by atoms with van der Waals surface area (Å²) in [6.45, 7) is 0. The zero-order chi connectivity index (χ0) is 19.8. The van der Waals surface area contributed by atoms with Crippen molar-refractivity contribution in [3.8, 4) is 0 Å². The van der Waals surface area contributed by atoms with E-state index >= 15 is 0 Å². The first-order chi connectivity index (χ1) is 13.4. The molecular formula is C20H14FN3O2S2. The Labute approximate surface area is 169 Å². The zero-order valence-electron chi connectivity index (χ0n) is 14.7. The van der Waals surface area contributed by atoms with Crippen LogP contribution in [0.1, 0.15) is 15.9 Å². The van der Waals surface area contributed by atoms with Crippen LogP contribution in [0.5, 0.6) is 0 Å². The predicted octanol–water partition coefficient (Wildman–Crippen LogP) is 3.86. The van der Waals surface area contributed by atoms with Crippen LogP contribution >= 0.6 is 24.0 Å². The van der Waals surface area contributed by atoms with E-state index in [0.29, 0.717) is 4.91 Å². The van der Waals surface area contributed by atoms with Gasteiger partial charge in [0.25, 0.3) is 11.8 Å². The van der Waals surface area contributed by atoms with Crippen LogP contribution in [0.3, 0.4) is 0 Å². The molecule has 1 aliphatic rings. The lowest BCUT2D eigenvalue weighted by molar-refractivity contribution is -0.123. The zero-order valence-corrected chi connectivity index (χ0v) is 16.3. The molecule has 4 rings (SSSR count). The summed E-state index contributed by atoms with van der Waals surface area (Å²) in [5.41, 5.74) is 4.66. The monoisotopic (exact) mass is 411 g/mol. The average molecular weight is 411 g/mol. The highest BCUT2D eigenvalue weighted by atomic mass is 32.2. The van der Waals surface area contributed by atoms with E-state index in [0.717, 1.165) is 33.2 Å². The number of aromatic nitrogens is 1. The molecule has 0 unspecified atom stereocenters. The average Bonchev–Trinajstić information content (AvgIpc) is 3.14. The molecule has 2 heterocycles. The third-order valence-electron chi connectivity index (χ3n) is 4.33. The van der Waals surface area contributed by atoms with Gasteiger partial charge in [-0.1, -0.05) is 30.0 Å². The highest BCUT2D eigenvalue weighted by Crippen LogP contribution is 2.33. The van der Waals surface area contributed by atoms with Gasteiger partial charge in [-0.3, -0.25) is 15.0 Å². The molecule has 0 bridgehead atoms. The number of aryl methyl sites for hydroxylation is 1. The van der Waals surface area contributed by atoms with Gasteiger partial charge in [0.2, 0.25) is 0 Å². The van der Waals surface area contributed by atoms with E-state index in [-0.39, 0.29) is 9.88 Å². The minimum absolute atomic E-state index is 0.229. The highest BCUT2D eigenvalue weighted by Gasteiger charge is 2.34. The third kappa shape index (κ3) is 3.32. The fraction of sp³-hybridized carbons (Fsp3) is 0.0500. The lowest BCUT2D eigenvalue weighted by atomic mass is 10.1. The van der Waals surface area contributed by atoms with Crippen molar-refractivity contribution in [1.29, 1.82) is 0 Å². The van der Waals surface area contributed by atoms with Gasteiger partial charge in [0, 0.05) is 35.3 Å². The Hall–Kier alpha value is -2.97. The number of nitrogens with zero attached hydrogens (tertiary/aromatic N) is 2. The quantitative estimate of drug-likeness (QED) is 0.525. The molecular weight excluding hydrogens is 397 g/mol. The van der Waals surface area contributed by atoms with Crippen molar-refractivity contribution in [2.45, 2.75) is 0 Å². The van der Waals surface area contributed by atoms with E-state index in [4.69, 9.17) is 12.2 Å². The number of thiocarbonyl (C=S) groups is 1. The molecule has 2 aromatic carbocycles. The summed E-state index contributed by atoms with van der Waals surface area (Å²) in [4.78, 5) is 25.5. The van der Waals surface area contributed by atoms with Crippen LogP contribution < -0.4 is 5.43 Å². The first kappa shape index (κ1) is 18.4. The van der Waals surface area contributed by atoms with E-state index in [1.54, 1.807) is 6.08 Å². The largest absolute Gasteiger partial charge is 0.350 e. The van der Waals surface area contributed by atoms with Crippen LogP contribution in [0.4, 0.5) is 4.39 Å². The van der Waals surface area contributed by atoms with Crippen LogP contribution in [-0.4, -0.2) is 25.7 Å². The van der Waals surface area contributed by atoms with Crippen LogP contribution in [0.2, 0.25) is 0 Å². The van der Waals surface area contributed by atoms with E-state index in [1.165, 1.54) is 24.3 Å². The molecule has 0 atom stereocenters. The van der Waals surface area contributed by atoms with Crippen molar-refractivity contribution in [1.82, 2.24) is 15.0 Å². The molecule has 5 nitrogen and oxygen atoms in total. The number of carbonyl (C=O) groups is 2. The van der Waals surface area contributed by atoms with Crippen molar-refractivity contribution in [2.24, 2.45) is 7.05 Å². The van der Waals surface area contributed by atoms with E-state index in [1.807, 2.05) is 42.1 Å². The van der Waals surface area contributed by atoms with E-state index < -0.39 is 17.6 Å². The molecule has 1 N–H and O–H groups in total. The number of hydrazine groups is 1. The summed E-state index contributed by atoms with van der Waals surface area (Å²) in [5.74, 6) is -1.39. The molecule has 8 heteroatoms. The standard InChI is InChI=1S/C20H14FN3O2S2/c1-23-11-13(15-4-2-3-5-16(15)23)10-17-19(26)24(20(27)28-17)22-18(25)12-6-8-14(21)9-7-12/h2-11H,1H3,(H,22,25). The number of rotatable bonds is 3. The number of nitrogens with one attached hydrogen (secondary N) is 1. The Morgan fingerprint density at radius 2 is 1.89 bits per heavy atom. The molecule has 1 fully saturated rings. The molecule has 0 aliphatic carbocycles. The van der Waals surface area contributed by atoms with Gasteiger partial charge in [0.15, 0.2) is 4.32 Å². The lowest BCUT2D eigenvalue weighted by Gasteiger charge is -2.15. The van der Waals surface area contributed by atoms with Gasteiger partial charge >= 0.3 is 0 Å². The Bertz CT molecular complexity index is 1150. The molecule has 0 radical (unpaired) electrons. The van der Waals surface area contributed by atoms with Crippen LogP contribution in [0, 0.1) is 5.82 Å². The number of amides is 2. The maximum atomic E-state index is 13.0. The molecule has 140 valence electrons. The summed E-state index contributed by atoms with van der Waals surface area (Å²) < 4.78 is 15.2. The Kier molecular flexibility index (Phi) is 4.74. The summed E-state index contributed by atoms with van der Waals surface area (Å²) in [7, 11) is 1.94. The highest BCUT2D eigenvalue weighted by molar-refractivity contribution is 8.26. The van der Waals surface area contributed by atoms with Crippen LogP contribution in [0.25, 0.3) is 17.0 Å². The second kappa shape index (κ2) is 7.21. The summed E-state index contributed by atoms with van der Waals surface area (Å²) in [6.07, 6.45) is 3.71. The van der Waals surface area contributed by atoms with Crippen LogP contribution in [-0.2, 0) is 11.8 Å². The Morgan fingerprint density at radius 3 is 2.64 bits per heavy atom. The van der Waals surface area contributed by atoms with Gasteiger partial charge in [-0.2, -0.15) is 5.01 Å². The smallest absolute Gasteiger partial charge is 0.285 e. The Balaban J connectivity index is 1.59. The molecule has 0 spiro atoms. The van der Waals surface area contributed by atoms with E-state index in [9.17, 15) is 14.0 Å². The number of hydrogen-bond donors (Lipinski definition) is 1. The molecule has 2 amide bonds. The number of halogens is 1. The first-order valence-corrected chi connectivity index (χ1v) is 9.55. The Morgan fingerprint density at radius 1 is 1.18 bits per heavy atom. The summed E-state index contributed by atoms with van der Waals surface area (Å²) in [6, 6.07) is 12.9. The maximum Gasteiger partial charge on any atom is 0.285 e. The summed E-state index contributed by atoms with van der Waals surface area (Å²) >= 11 is 6.37. The van der Waals surface area contributed by atoms with Crippen molar-refractivity contribution >= 4 is 57.1 Å². The van der Waals surface area contributed by atoms with E-state index in [2.05, 4.69) is 5.43 Å². The molecule has 3 aromatic rings. The number of para-hydroxylation sites is 1. The van der Waals surface area contributed by atoms with Gasteiger partial charge in [-0.05, 0) is 48.6 Å². The molecule has 0 saturated carbocycles. The first-order valence-electron chi connectivity index (χ1n) is 8.32. The number of thioether (sulfide) groups is 1. The van der Waals surface area contributed by atoms with Gasteiger partial charge in [-0.25, -0.2) is 4.39 Å². The molecule has 1 saturated heterocycles. The molecule has 1 aromatic heterocycles. The van der Waals surface area contributed by atoms with Crippen molar-refractivity contribution < 1.29 is 14.0 Å². The van der Waals surface area contributed by atoms with Gasteiger partial charge < -0.3 is 4.57 Å². The van der Waals surface area contributed by atoms with Crippen molar-refractivity contribution in [3.63, 3.8) is 0 Å². The third-order valence-corrected chi connectivity index (χ3v) is 5.63. The van der Waals surface area contributed by atoms with Gasteiger partial charge in [0.05, 0.1) is 4.91 Å². The topological polar surface area (TPSA) is 54.3 Å².